The molecule has 1 aromatic carbocycles. The Morgan fingerprint density at radius 3 is 2.55 bits per heavy atom. The first-order valence-electron chi connectivity index (χ1n) is 6.37. The van der Waals surface area contributed by atoms with E-state index in [0.717, 1.165) is 0 Å². The quantitative estimate of drug-likeness (QED) is 0.767. The normalized spacial score (nSPS) is 12.1. The van der Waals surface area contributed by atoms with Gasteiger partial charge in [-0.05, 0) is 45.6 Å². The van der Waals surface area contributed by atoms with Crippen LogP contribution in [0.25, 0.3) is 0 Å². The number of nitrogens with zero attached hydrogens (tertiary/aromatic N) is 1. The van der Waals surface area contributed by atoms with Crippen LogP contribution in [0.15, 0.2) is 18.2 Å². The second-order valence-electron chi connectivity index (χ2n) is 4.93. The Morgan fingerprint density at radius 2 is 2.00 bits per heavy atom. The van der Waals surface area contributed by atoms with E-state index in [1.54, 1.807) is 19.1 Å². The van der Waals surface area contributed by atoms with E-state index in [9.17, 15) is 9.59 Å². The molecule has 0 aliphatic carbocycles. The van der Waals surface area contributed by atoms with Crippen molar-refractivity contribution in [1.29, 1.82) is 0 Å². The second kappa shape index (κ2) is 6.91. The van der Waals surface area contributed by atoms with Crippen LogP contribution in [0.1, 0.15) is 22.8 Å². The Balaban J connectivity index is 2.67. The monoisotopic (exact) mass is 279 g/mol. The van der Waals surface area contributed by atoms with Gasteiger partial charge in [0, 0.05) is 18.3 Å². The number of anilines is 1. The van der Waals surface area contributed by atoms with Gasteiger partial charge < -0.3 is 20.6 Å². The summed E-state index contributed by atoms with van der Waals surface area (Å²) in [6, 6.07) is 4.66. The Morgan fingerprint density at radius 1 is 1.35 bits per heavy atom. The van der Waals surface area contributed by atoms with Gasteiger partial charge in [-0.2, -0.15) is 0 Å². The van der Waals surface area contributed by atoms with Crippen molar-refractivity contribution in [3.8, 4) is 0 Å². The fourth-order valence-electron chi connectivity index (χ4n) is 1.59. The van der Waals surface area contributed by atoms with Crippen molar-refractivity contribution in [2.45, 2.75) is 19.9 Å². The van der Waals surface area contributed by atoms with Gasteiger partial charge in [0.1, 0.15) is 0 Å². The number of carbonyl (C=O) groups excluding carboxylic acids is 1. The van der Waals surface area contributed by atoms with Crippen LogP contribution in [0, 0.1) is 6.92 Å². The summed E-state index contributed by atoms with van der Waals surface area (Å²) in [6.07, 6.45) is 0. The van der Waals surface area contributed by atoms with Crippen LogP contribution in [0.2, 0.25) is 0 Å². The lowest BCUT2D eigenvalue weighted by Gasteiger charge is -2.20. The molecule has 2 amide bonds. The molecular weight excluding hydrogens is 258 g/mol. The van der Waals surface area contributed by atoms with Crippen LogP contribution in [0.5, 0.6) is 0 Å². The maximum absolute atomic E-state index is 11.8. The summed E-state index contributed by atoms with van der Waals surface area (Å²) in [5, 5.41) is 14.4. The zero-order valence-corrected chi connectivity index (χ0v) is 12.2. The Kier molecular flexibility index (Phi) is 5.52. The number of amides is 2. The molecule has 3 N–H and O–H groups in total. The van der Waals surface area contributed by atoms with Crippen LogP contribution in [0.3, 0.4) is 0 Å². The number of likely N-dealkylation sites (N-methyl/N-ethyl adjacent to an activating group) is 1. The van der Waals surface area contributed by atoms with Gasteiger partial charge in [0.25, 0.3) is 0 Å². The van der Waals surface area contributed by atoms with Crippen molar-refractivity contribution in [2.75, 3.05) is 26.0 Å². The van der Waals surface area contributed by atoms with E-state index in [1.165, 1.54) is 6.07 Å². The minimum atomic E-state index is -1.01. The molecule has 0 fully saturated rings. The standard InChI is InChI=1S/C14H21N3O3/c1-9(17(3)4)8-15-14(20)16-12-7-5-6-11(10(12)2)13(18)19/h5-7,9H,8H2,1-4H3,(H,18,19)(H2,15,16,20). The molecule has 0 saturated heterocycles. The number of hydrogen-bond donors (Lipinski definition) is 3. The highest BCUT2D eigenvalue weighted by molar-refractivity contribution is 5.95. The van der Waals surface area contributed by atoms with Gasteiger partial charge >= 0.3 is 12.0 Å². The summed E-state index contributed by atoms with van der Waals surface area (Å²) in [4.78, 5) is 24.8. The lowest BCUT2D eigenvalue weighted by Crippen LogP contribution is -2.40. The van der Waals surface area contributed by atoms with E-state index < -0.39 is 5.97 Å². The topological polar surface area (TPSA) is 81.7 Å². The molecule has 0 saturated carbocycles. The zero-order chi connectivity index (χ0) is 15.3. The van der Waals surface area contributed by atoms with Crippen LogP contribution >= 0.6 is 0 Å². The van der Waals surface area contributed by atoms with Crippen molar-refractivity contribution in [3.63, 3.8) is 0 Å². The van der Waals surface area contributed by atoms with E-state index in [1.807, 2.05) is 25.9 Å². The van der Waals surface area contributed by atoms with E-state index in [4.69, 9.17) is 5.11 Å². The number of urea groups is 1. The summed E-state index contributed by atoms with van der Waals surface area (Å²) >= 11 is 0. The van der Waals surface area contributed by atoms with E-state index >= 15 is 0 Å². The smallest absolute Gasteiger partial charge is 0.336 e. The van der Waals surface area contributed by atoms with Gasteiger partial charge in [-0.15, -0.1) is 0 Å². The summed E-state index contributed by atoms with van der Waals surface area (Å²) < 4.78 is 0. The van der Waals surface area contributed by atoms with Crippen molar-refractivity contribution in [1.82, 2.24) is 10.2 Å². The fourth-order valence-corrected chi connectivity index (χ4v) is 1.59. The minimum Gasteiger partial charge on any atom is -0.478 e. The third-order valence-electron chi connectivity index (χ3n) is 3.25. The molecule has 0 spiro atoms. The number of carbonyl (C=O) groups is 2. The first-order chi connectivity index (χ1) is 9.32. The van der Waals surface area contributed by atoms with Gasteiger partial charge in [0.05, 0.1) is 5.56 Å². The number of carboxylic acids is 1. The highest BCUT2D eigenvalue weighted by Gasteiger charge is 2.12. The molecule has 20 heavy (non-hydrogen) atoms. The molecule has 110 valence electrons. The maximum atomic E-state index is 11.8. The Labute approximate surface area is 118 Å². The third-order valence-corrected chi connectivity index (χ3v) is 3.25. The van der Waals surface area contributed by atoms with E-state index in [0.29, 0.717) is 17.8 Å². The largest absolute Gasteiger partial charge is 0.478 e. The Hall–Kier alpha value is -2.08. The summed E-state index contributed by atoms with van der Waals surface area (Å²) in [7, 11) is 3.87. The lowest BCUT2D eigenvalue weighted by molar-refractivity contribution is 0.0696. The SMILES string of the molecule is Cc1c(NC(=O)NCC(C)N(C)C)cccc1C(=O)O. The first kappa shape index (κ1) is 16.0. The molecule has 0 radical (unpaired) electrons. The molecular formula is C14H21N3O3. The number of benzene rings is 1. The number of nitrogens with one attached hydrogen (secondary N) is 2. The molecule has 1 atom stereocenters. The predicted octanol–water partition coefficient (Wildman–Crippen LogP) is 1.76. The van der Waals surface area contributed by atoms with Crippen LogP contribution in [0.4, 0.5) is 10.5 Å². The van der Waals surface area contributed by atoms with Crippen molar-refractivity contribution in [2.24, 2.45) is 0 Å². The van der Waals surface area contributed by atoms with Gasteiger partial charge in [0.2, 0.25) is 0 Å². The lowest BCUT2D eigenvalue weighted by atomic mass is 10.1. The molecule has 0 aliphatic heterocycles. The number of rotatable bonds is 5. The molecule has 0 aliphatic rings. The number of aromatic carboxylic acids is 1. The number of hydrogen-bond acceptors (Lipinski definition) is 3. The van der Waals surface area contributed by atoms with Gasteiger partial charge in [0.15, 0.2) is 0 Å². The molecule has 6 heteroatoms. The molecule has 1 rings (SSSR count). The van der Waals surface area contributed by atoms with Gasteiger partial charge in [-0.1, -0.05) is 6.07 Å². The predicted molar refractivity (Wildman–Crippen MR) is 78.3 cm³/mol. The van der Waals surface area contributed by atoms with Gasteiger partial charge in [-0.3, -0.25) is 0 Å². The average Bonchev–Trinajstić information content (AvgIpc) is 2.37. The van der Waals surface area contributed by atoms with Gasteiger partial charge in [-0.25, -0.2) is 9.59 Å². The Bertz CT molecular complexity index is 500. The molecule has 6 nitrogen and oxygen atoms in total. The van der Waals surface area contributed by atoms with Crippen molar-refractivity contribution >= 4 is 17.7 Å². The van der Waals surface area contributed by atoms with Crippen molar-refractivity contribution in [3.05, 3.63) is 29.3 Å². The number of carboxylic acid groups (broad SMARTS) is 1. The summed E-state index contributed by atoms with van der Waals surface area (Å²) in [5.74, 6) is -1.01. The molecule has 1 unspecified atom stereocenters. The fraction of sp³-hybridized carbons (Fsp3) is 0.429. The van der Waals surface area contributed by atoms with Crippen LogP contribution in [-0.4, -0.2) is 48.7 Å². The zero-order valence-electron chi connectivity index (χ0n) is 12.2. The summed E-state index contributed by atoms with van der Waals surface area (Å²) in [6.45, 7) is 4.18. The van der Waals surface area contributed by atoms with E-state index in [-0.39, 0.29) is 17.6 Å². The highest BCUT2D eigenvalue weighted by Crippen LogP contribution is 2.18. The van der Waals surface area contributed by atoms with Crippen molar-refractivity contribution < 1.29 is 14.7 Å². The highest BCUT2D eigenvalue weighted by atomic mass is 16.4. The summed E-state index contributed by atoms with van der Waals surface area (Å²) in [5.41, 5.74) is 1.22. The average molecular weight is 279 g/mol. The van der Waals surface area contributed by atoms with Crippen LogP contribution in [-0.2, 0) is 0 Å². The van der Waals surface area contributed by atoms with Crippen LogP contribution < -0.4 is 10.6 Å². The maximum Gasteiger partial charge on any atom is 0.336 e. The molecule has 0 bridgehead atoms. The molecule has 0 heterocycles. The second-order valence-corrected chi connectivity index (χ2v) is 4.93. The third kappa shape index (κ3) is 4.24. The minimum absolute atomic E-state index is 0.185. The first-order valence-corrected chi connectivity index (χ1v) is 6.37. The van der Waals surface area contributed by atoms with E-state index in [2.05, 4.69) is 10.6 Å². The molecule has 1 aromatic rings. The molecule has 0 aromatic heterocycles.